The number of benzene rings is 1. The Labute approximate surface area is 112 Å². The second kappa shape index (κ2) is 6.57. The van der Waals surface area contributed by atoms with Gasteiger partial charge in [-0.2, -0.15) is 0 Å². The molecule has 2 rings (SSSR count). The standard InChI is InChI=1S/C15H18O2S/c1-12-4-2-5-14(8-12)17-11-13(10-16)9-15-6-3-7-18-15/h2-8,13,16H,9-11H2,1H3. The maximum atomic E-state index is 9.38. The maximum Gasteiger partial charge on any atom is 0.119 e. The maximum absolute atomic E-state index is 9.38. The van der Waals surface area contributed by atoms with E-state index in [2.05, 4.69) is 11.4 Å². The smallest absolute Gasteiger partial charge is 0.119 e. The van der Waals surface area contributed by atoms with Crippen molar-refractivity contribution in [2.24, 2.45) is 5.92 Å². The Morgan fingerprint density at radius 2 is 2.17 bits per heavy atom. The second-order valence-corrected chi connectivity index (χ2v) is 5.49. The van der Waals surface area contributed by atoms with Crippen LogP contribution in [0.4, 0.5) is 0 Å². The zero-order valence-corrected chi connectivity index (χ0v) is 11.3. The molecule has 1 aromatic heterocycles. The van der Waals surface area contributed by atoms with Gasteiger partial charge in [-0.1, -0.05) is 18.2 Å². The predicted octanol–water partition coefficient (Wildman–Crippen LogP) is 3.29. The summed E-state index contributed by atoms with van der Waals surface area (Å²) in [5.41, 5.74) is 1.19. The Morgan fingerprint density at radius 1 is 1.28 bits per heavy atom. The molecule has 0 amide bonds. The van der Waals surface area contributed by atoms with Crippen molar-refractivity contribution < 1.29 is 9.84 Å². The van der Waals surface area contributed by atoms with Crippen LogP contribution in [-0.4, -0.2) is 18.3 Å². The molecule has 1 heterocycles. The van der Waals surface area contributed by atoms with Crippen LogP contribution in [0.3, 0.4) is 0 Å². The van der Waals surface area contributed by atoms with E-state index in [1.165, 1.54) is 10.4 Å². The van der Waals surface area contributed by atoms with Crippen molar-refractivity contribution >= 4 is 11.3 Å². The molecule has 0 aliphatic rings. The first-order valence-electron chi connectivity index (χ1n) is 6.10. The van der Waals surface area contributed by atoms with Crippen LogP contribution < -0.4 is 4.74 Å². The molecule has 0 spiro atoms. The van der Waals surface area contributed by atoms with Gasteiger partial charge >= 0.3 is 0 Å². The van der Waals surface area contributed by atoms with E-state index in [1.807, 2.05) is 37.3 Å². The zero-order valence-electron chi connectivity index (χ0n) is 10.5. The molecule has 18 heavy (non-hydrogen) atoms. The fraction of sp³-hybridized carbons (Fsp3) is 0.333. The first kappa shape index (κ1) is 13.1. The number of thiophene rings is 1. The minimum Gasteiger partial charge on any atom is -0.493 e. The Hall–Kier alpha value is -1.32. The first-order valence-corrected chi connectivity index (χ1v) is 6.98. The quantitative estimate of drug-likeness (QED) is 0.865. The SMILES string of the molecule is Cc1cccc(OCC(CO)Cc2cccs2)c1. The van der Waals surface area contributed by atoms with Crippen LogP contribution >= 0.6 is 11.3 Å². The molecule has 1 unspecified atom stereocenters. The first-order chi connectivity index (χ1) is 8.78. The lowest BCUT2D eigenvalue weighted by molar-refractivity contribution is 0.163. The summed E-state index contributed by atoms with van der Waals surface area (Å²) in [6, 6.07) is 12.1. The Balaban J connectivity index is 1.87. The summed E-state index contributed by atoms with van der Waals surface area (Å²) in [6.07, 6.45) is 0.875. The molecule has 1 N–H and O–H groups in total. The molecule has 0 radical (unpaired) electrons. The molecule has 0 aliphatic heterocycles. The van der Waals surface area contributed by atoms with E-state index in [4.69, 9.17) is 4.74 Å². The van der Waals surface area contributed by atoms with Crippen molar-refractivity contribution in [1.29, 1.82) is 0 Å². The fourth-order valence-electron chi connectivity index (χ4n) is 1.81. The van der Waals surface area contributed by atoms with Crippen molar-refractivity contribution in [1.82, 2.24) is 0 Å². The summed E-state index contributed by atoms with van der Waals surface area (Å²) < 4.78 is 5.73. The number of aryl methyl sites for hydroxylation is 1. The molecule has 0 fully saturated rings. The second-order valence-electron chi connectivity index (χ2n) is 4.46. The van der Waals surface area contributed by atoms with Crippen LogP contribution in [0.15, 0.2) is 41.8 Å². The molecule has 2 aromatic rings. The molecule has 1 aromatic carbocycles. The summed E-state index contributed by atoms with van der Waals surface area (Å²) in [4.78, 5) is 1.29. The van der Waals surface area contributed by atoms with Crippen molar-refractivity contribution in [2.45, 2.75) is 13.3 Å². The average molecular weight is 262 g/mol. The lowest BCUT2D eigenvalue weighted by atomic mass is 10.1. The van der Waals surface area contributed by atoms with Crippen LogP contribution in [0, 0.1) is 12.8 Å². The Morgan fingerprint density at radius 3 is 2.83 bits per heavy atom. The van der Waals surface area contributed by atoms with E-state index in [-0.39, 0.29) is 12.5 Å². The number of ether oxygens (including phenoxy) is 1. The monoisotopic (exact) mass is 262 g/mol. The van der Waals surface area contributed by atoms with E-state index in [0.717, 1.165) is 12.2 Å². The lowest BCUT2D eigenvalue weighted by Gasteiger charge is -2.14. The van der Waals surface area contributed by atoms with Gasteiger partial charge in [0.1, 0.15) is 5.75 Å². The number of hydrogen-bond acceptors (Lipinski definition) is 3. The highest BCUT2D eigenvalue weighted by Crippen LogP contribution is 2.17. The molecule has 0 bridgehead atoms. The number of aliphatic hydroxyl groups excluding tert-OH is 1. The van der Waals surface area contributed by atoms with Crippen molar-refractivity contribution in [3.63, 3.8) is 0 Å². The third-order valence-corrected chi connectivity index (χ3v) is 3.70. The van der Waals surface area contributed by atoms with Gasteiger partial charge in [-0.05, 0) is 42.5 Å². The molecule has 0 aliphatic carbocycles. The van der Waals surface area contributed by atoms with E-state index >= 15 is 0 Å². The highest BCUT2D eigenvalue weighted by molar-refractivity contribution is 7.09. The Bertz CT molecular complexity index is 465. The third kappa shape index (κ3) is 3.86. The summed E-state index contributed by atoms with van der Waals surface area (Å²) in [7, 11) is 0. The largest absolute Gasteiger partial charge is 0.493 e. The van der Waals surface area contributed by atoms with Gasteiger partial charge in [0.05, 0.1) is 6.61 Å². The van der Waals surface area contributed by atoms with Crippen molar-refractivity contribution in [2.75, 3.05) is 13.2 Å². The number of hydrogen-bond donors (Lipinski definition) is 1. The van der Waals surface area contributed by atoms with E-state index in [9.17, 15) is 5.11 Å². The molecule has 0 saturated heterocycles. The number of aliphatic hydroxyl groups is 1. The van der Waals surface area contributed by atoms with Gasteiger partial charge in [0, 0.05) is 17.4 Å². The van der Waals surface area contributed by atoms with Crippen LogP contribution in [0.1, 0.15) is 10.4 Å². The van der Waals surface area contributed by atoms with Crippen LogP contribution in [0.5, 0.6) is 5.75 Å². The third-order valence-electron chi connectivity index (χ3n) is 2.80. The topological polar surface area (TPSA) is 29.5 Å². The summed E-state index contributed by atoms with van der Waals surface area (Å²) in [5.74, 6) is 1.03. The summed E-state index contributed by atoms with van der Waals surface area (Å²) in [5, 5.41) is 11.4. The molecule has 0 saturated carbocycles. The van der Waals surface area contributed by atoms with E-state index < -0.39 is 0 Å². The van der Waals surface area contributed by atoms with Crippen LogP contribution in [0.2, 0.25) is 0 Å². The van der Waals surface area contributed by atoms with Gasteiger partial charge in [-0.25, -0.2) is 0 Å². The molecular formula is C15H18O2S. The van der Waals surface area contributed by atoms with Gasteiger partial charge in [-0.15, -0.1) is 11.3 Å². The Kier molecular flexibility index (Phi) is 4.79. The zero-order chi connectivity index (χ0) is 12.8. The summed E-state index contributed by atoms with van der Waals surface area (Å²) in [6.45, 7) is 2.75. The highest BCUT2D eigenvalue weighted by Gasteiger charge is 2.10. The number of rotatable bonds is 6. The summed E-state index contributed by atoms with van der Waals surface area (Å²) >= 11 is 1.72. The predicted molar refractivity (Wildman–Crippen MR) is 75.3 cm³/mol. The molecular weight excluding hydrogens is 244 g/mol. The average Bonchev–Trinajstić information content (AvgIpc) is 2.87. The van der Waals surface area contributed by atoms with E-state index in [1.54, 1.807) is 11.3 Å². The van der Waals surface area contributed by atoms with Crippen molar-refractivity contribution in [3.8, 4) is 5.75 Å². The lowest BCUT2D eigenvalue weighted by Crippen LogP contribution is -2.18. The molecule has 96 valence electrons. The minimum absolute atomic E-state index is 0.156. The van der Waals surface area contributed by atoms with Gasteiger partial charge < -0.3 is 9.84 Å². The molecule has 2 nitrogen and oxygen atoms in total. The van der Waals surface area contributed by atoms with Gasteiger partial charge in [0.25, 0.3) is 0 Å². The van der Waals surface area contributed by atoms with Gasteiger partial charge in [-0.3, -0.25) is 0 Å². The van der Waals surface area contributed by atoms with E-state index in [0.29, 0.717) is 6.61 Å². The molecule has 1 atom stereocenters. The van der Waals surface area contributed by atoms with Crippen LogP contribution in [0.25, 0.3) is 0 Å². The van der Waals surface area contributed by atoms with Crippen LogP contribution in [-0.2, 0) is 6.42 Å². The van der Waals surface area contributed by atoms with Gasteiger partial charge in [0.15, 0.2) is 0 Å². The minimum atomic E-state index is 0.156. The normalized spacial score (nSPS) is 12.3. The van der Waals surface area contributed by atoms with Crippen molar-refractivity contribution in [3.05, 3.63) is 52.2 Å². The fourth-order valence-corrected chi connectivity index (χ4v) is 2.63. The van der Waals surface area contributed by atoms with Gasteiger partial charge in [0.2, 0.25) is 0 Å². The highest BCUT2D eigenvalue weighted by atomic mass is 32.1. The molecule has 3 heteroatoms.